The van der Waals surface area contributed by atoms with E-state index in [9.17, 15) is 20.0 Å². The van der Waals surface area contributed by atoms with Crippen molar-refractivity contribution in [2.45, 2.75) is 142 Å². The molecule has 2 aliphatic heterocycles. The summed E-state index contributed by atoms with van der Waals surface area (Å²) in [6.07, 6.45) is 4.56. The van der Waals surface area contributed by atoms with Crippen LogP contribution in [0.25, 0.3) is 0 Å². The zero-order valence-electron chi connectivity index (χ0n) is 23.7. The molecule has 36 heavy (non-hydrogen) atoms. The van der Waals surface area contributed by atoms with Crippen LogP contribution in [0.15, 0.2) is 0 Å². The van der Waals surface area contributed by atoms with Crippen LogP contribution in [0.5, 0.6) is 0 Å². The molecule has 208 valence electrons. The van der Waals surface area contributed by atoms with Crippen LogP contribution in [-0.2, 0) is 19.1 Å². The second-order valence-corrected chi connectivity index (χ2v) is 13.5. The average molecular weight is 511 g/mol. The lowest BCUT2D eigenvalue weighted by atomic mass is 9.80. The molecule has 2 N–H and O–H groups in total. The quantitative estimate of drug-likeness (QED) is 0.471. The fourth-order valence-electron chi connectivity index (χ4n) is 6.48. The molecular weight excluding hydrogens is 460 g/mol. The van der Waals surface area contributed by atoms with Crippen LogP contribution >= 0.6 is 0 Å². The lowest BCUT2D eigenvalue weighted by Crippen LogP contribution is -2.57. The zero-order chi connectivity index (χ0) is 27.0. The van der Waals surface area contributed by atoms with Crippen molar-refractivity contribution < 1.29 is 29.5 Å². The van der Waals surface area contributed by atoms with E-state index in [2.05, 4.69) is 27.7 Å². The maximum absolute atomic E-state index is 13.0. The highest BCUT2D eigenvalue weighted by molar-refractivity contribution is 5.75. The SMILES string of the molecule is CC(C)C1CC(OC(=O)C2CCC(C(=O)OC3CC(C(C)C)N(O)C(C)(C)C3)CC2)CC(C)(C)N1O. The Labute approximate surface area is 217 Å². The summed E-state index contributed by atoms with van der Waals surface area (Å²) in [4.78, 5) is 26.0. The Morgan fingerprint density at radius 1 is 0.694 bits per heavy atom. The third-order valence-corrected chi connectivity index (χ3v) is 8.83. The molecule has 0 aromatic rings. The largest absolute Gasteiger partial charge is 0.462 e. The number of carbonyl (C=O) groups excluding carboxylic acids is 2. The molecule has 1 aliphatic carbocycles. The third kappa shape index (κ3) is 6.61. The van der Waals surface area contributed by atoms with E-state index in [1.807, 2.05) is 27.7 Å². The molecule has 0 radical (unpaired) electrons. The second kappa shape index (κ2) is 11.3. The molecule has 8 nitrogen and oxygen atoms in total. The predicted molar refractivity (Wildman–Crippen MR) is 136 cm³/mol. The first-order valence-corrected chi connectivity index (χ1v) is 14.0. The molecule has 0 aromatic carbocycles. The van der Waals surface area contributed by atoms with E-state index in [1.54, 1.807) is 0 Å². The van der Waals surface area contributed by atoms with E-state index in [0.29, 0.717) is 51.4 Å². The van der Waals surface area contributed by atoms with E-state index < -0.39 is 11.1 Å². The Morgan fingerprint density at radius 2 is 1.00 bits per heavy atom. The molecule has 2 heterocycles. The summed E-state index contributed by atoms with van der Waals surface area (Å²) in [6.45, 7) is 16.2. The minimum atomic E-state index is -0.450. The van der Waals surface area contributed by atoms with Crippen molar-refractivity contribution in [1.29, 1.82) is 0 Å². The standard InChI is InChI=1S/C28H50N2O6/c1-17(2)23-13-21(15-27(5,6)29(23)33)35-25(31)19-9-11-20(12-10-19)26(32)36-22-14-24(18(3)4)30(34)28(7,8)16-22/h17-24,33-34H,9-16H2,1-8H3. The second-order valence-electron chi connectivity index (χ2n) is 13.5. The maximum Gasteiger partial charge on any atom is 0.309 e. The predicted octanol–water partition coefficient (Wildman–Crippen LogP) is 5.19. The van der Waals surface area contributed by atoms with Crippen molar-refractivity contribution in [3.63, 3.8) is 0 Å². The Hall–Kier alpha value is -1.22. The van der Waals surface area contributed by atoms with Crippen molar-refractivity contribution in [2.24, 2.45) is 23.7 Å². The molecule has 1 saturated carbocycles. The Morgan fingerprint density at radius 3 is 1.28 bits per heavy atom. The van der Waals surface area contributed by atoms with Gasteiger partial charge in [0.2, 0.25) is 0 Å². The van der Waals surface area contributed by atoms with Crippen LogP contribution in [-0.4, -0.2) is 67.8 Å². The van der Waals surface area contributed by atoms with Gasteiger partial charge < -0.3 is 19.9 Å². The van der Waals surface area contributed by atoms with Crippen LogP contribution < -0.4 is 0 Å². The molecule has 3 fully saturated rings. The minimum absolute atomic E-state index is 0.0463. The summed E-state index contributed by atoms with van der Waals surface area (Å²) in [7, 11) is 0. The zero-order valence-corrected chi connectivity index (χ0v) is 23.7. The normalized spacial score (nSPS) is 35.6. The van der Waals surface area contributed by atoms with Gasteiger partial charge in [-0.25, -0.2) is 0 Å². The van der Waals surface area contributed by atoms with Gasteiger partial charge in [-0.15, -0.1) is 0 Å². The van der Waals surface area contributed by atoms with Crippen molar-refractivity contribution in [3.05, 3.63) is 0 Å². The lowest BCUT2D eigenvalue weighted by molar-refractivity contribution is -0.240. The summed E-state index contributed by atoms with van der Waals surface area (Å²) in [6, 6.07) is -0.0925. The number of esters is 2. The van der Waals surface area contributed by atoms with E-state index >= 15 is 0 Å². The number of rotatable bonds is 6. The molecule has 3 aliphatic rings. The van der Waals surface area contributed by atoms with Crippen LogP contribution in [0.1, 0.15) is 107 Å². The molecule has 0 spiro atoms. The monoisotopic (exact) mass is 510 g/mol. The molecule has 4 atom stereocenters. The van der Waals surface area contributed by atoms with Gasteiger partial charge in [0.1, 0.15) is 12.2 Å². The van der Waals surface area contributed by atoms with E-state index in [1.165, 1.54) is 10.1 Å². The molecule has 0 aromatic heterocycles. The van der Waals surface area contributed by atoms with Gasteiger partial charge in [0.15, 0.2) is 0 Å². The summed E-state index contributed by atoms with van der Waals surface area (Å²) < 4.78 is 11.9. The topological polar surface area (TPSA) is 99.5 Å². The smallest absolute Gasteiger partial charge is 0.309 e. The van der Waals surface area contributed by atoms with Gasteiger partial charge in [-0.2, -0.15) is 10.1 Å². The van der Waals surface area contributed by atoms with Gasteiger partial charge in [-0.1, -0.05) is 27.7 Å². The van der Waals surface area contributed by atoms with Crippen LogP contribution in [0.2, 0.25) is 0 Å². The van der Waals surface area contributed by atoms with Gasteiger partial charge in [0.25, 0.3) is 0 Å². The van der Waals surface area contributed by atoms with Crippen molar-refractivity contribution in [2.75, 3.05) is 0 Å². The Kier molecular flexibility index (Phi) is 9.18. The fourth-order valence-corrected chi connectivity index (χ4v) is 6.48. The number of hydroxylamine groups is 4. The molecule has 0 bridgehead atoms. The van der Waals surface area contributed by atoms with Crippen LogP contribution in [0, 0.1) is 23.7 Å². The Balaban J connectivity index is 1.50. The number of piperidine rings is 2. The van der Waals surface area contributed by atoms with E-state index in [-0.39, 0.29) is 59.9 Å². The number of nitrogens with zero attached hydrogens (tertiary/aromatic N) is 2. The van der Waals surface area contributed by atoms with Crippen molar-refractivity contribution >= 4 is 11.9 Å². The molecule has 4 unspecified atom stereocenters. The lowest BCUT2D eigenvalue weighted by Gasteiger charge is -2.48. The van der Waals surface area contributed by atoms with Gasteiger partial charge in [-0.05, 0) is 65.2 Å². The number of carbonyl (C=O) groups is 2. The first kappa shape index (κ1) is 29.3. The van der Waals surface area contributed by atoms with Gasteiger partial charge in [-0.3, -0.25) is 9.59 Å². The highest BCUT2D eigenvalue weighted by atomic mass is 16.6. The van der Waals surface area contributed by atoms with E-state index in [0.717, 1.165) is 0 Å². The van der Waals surface area contributed by atoms with E-state index in [4.69, 9.17) is 9.47 Å². The summed E-state index contributed by atoms with van der Waals surface area (Å²) in [5.74, 6) is -0.222. The van der Waals surface area contributed by atoms with Crippen molar-refractivity contribution in [3.8, 4) is 0 Å². The third-order valence-electron chi connectivity index (χ3n) is 8.83. The average Bonchev–Trinajstić information content (AvgIpc) is 2.77. The number of ether oxygens (including phenoxy) is 2. The van der Waals surface area contributed by atoms with Crippen LogP contribution in [0.4, 0.5) is 0 Å². The number of hydrogen-bond acceptors (Lipinski definition) is 8. The fraction of sp³-hybridized carbons (Fsp3) is 0.929. The number of hydrogen-bond donors (Lipinski definition) is 2. The molecule has 2 saturated heterocycles. The van der Waals surface area contributed by atoms with Crippen LogP contribution in [0.3, 0.4) is 0 Å². The summed E-state index contributed by atoms with van der Waals surface area (Å²) >= 11 is 0. The molecule has 8 heteroatoms. The molecule has 0 amide bonds. The first-order valence-electron chi connectivity index (χ1n) is 14.0. The summed E-state index contributed by atoms with van der Waals surface area (Å²) in [5, 5.41) is 24.0. The van der Waals surface area contributed by atoms with Gasteiger partial charge in [0, 0.05) is 48.8 Å². The first-order chi connectivity index (χ1) is 16.6. The van der Waals surface area contributed by atoms with Gasteiger partial charge in [0.05, 0.1) is 11.8 Å². The van der Waals surface area contributed by atoms with Gasteiger partial charge >= 0.3 is 11.9 Å². The minimum Gasteiger partial charge on any atom is -0.462 e. The summed E-state index contributed by atoms with van der Waals surface area (Å²) in [5.41, 5.74) is -0.899. The molecular formula is C28H50N2O6. The molecule has 3 rings (SSSR count). The Bertz CT molecular complexity index is 710. The van der Waals surface area contributed by atoms with Crippen molar-refractivity contribution in [1.82, 2.24) is 10.1 Å². The highest BCUT2D eigenvalue weighted by Gasteiger charge is 2.45. The maximum atomic E-state index is 13.0. The highest BCUT2D eigenvalue weighted by Crippen LogP contribution is 2.38.